The van der Waals surface area contributed by atoms with Gasteiger partial charge in [0.1, 0.15) is 11.6 Å². The molecule has 0 saturated carbocycles. The first kappa shape index (κ1) is 18.9. The van der Waals surface area contributed by atoms with Gasteiger partial charge in [0, 0.05) is 38.3 Å². The predicted octanol–water partition coefficient (Wildman–Crippen LogP) is 3.19. The van der Waals surface area contributed by atoms with Gasteiger partial charge in [-0.15, -0.1) is 0 Å². The Hall–Kier alpha value is -2.48. The first-order chi connectivity index (χ1) is 13.4. The number of benzene rings is 3. The molecule has 1 heterocycles. The fourth-order valence-electron chi connectivity index (χ4n) is 3.60. The van der Waals surface area contributed by atoms with E-state index in [0.717, 1.165) is 28.5 Å². The molecule has 28 heavy (non-hydrogen) atoms. The van der Waals surface area contributed by atoms with Gasteiger partial charge in [0.2, 0.25) is 10.0 Å². The SMILES string of the molecule is O=S(=O)(c1ccc(F)cc1)N1CCN(Cc2c(O)ccc3ccccc23)CC1. The van der Waals surface area contributed by atoms with Crippen LogP contribution in [-0.4, -0.2) is 48.9 Å². The fraction of sp³-hybridized carbons (Fsp3) is 0.238. The van der Waals surface area contributed by atoms with Gasteiger partial charge in [0.05, 0.1) is 4.90 Å². The van der Waals surface area contributed by atoms with E-state index in [2.05, 4.69) is 4.90 Å². The standard InChI is InChI=1S/C21H21FN2O3S/c22-17-6-8-18(9-7-17)28(26,27)24-13-11-23(12-14-24)15-20-19-4-2-1-3-16(19)5-10-21(20)25/h1-10,25H,11-15H2. The minimum Gasteiger partial charge on any atom is -0.508 e. The highest BCUT2D eigenvalue weighted by Gasteiger charge is 2.28. The number of fused-ring (bicyclic) bond motifs is 1. The molecule has 3 aromatic rings. The van der Waals surface area contributed by atoms with Crippen LogP contribution in [0.4, 0.5) is 4.39 Å². The highest BCUT2D eigenvalue weighted by atomic mass is 32.2. The van der Waals surface area contributed by atoms with Crippen molar-refractivity contribution < 1.29 is 17.9 Å². The van der Waals surface area contributed by atoms with Crippen molar-refractivity contribution in [3.63, 3.8) is 0 Å². The third-order valence-corrected chi connectivity index (χ3v) is 7.09. The number of hydrogen-bond acceptors (Lipinski definition) is 4. The van der Waals surface area contributed by atoms with E-state index in [4.69, 9.17) is 0 Å². The quantitative estimate of drug-likeness (QED) is 0.731. The highest BCUT2D eigenvalue weighted by Crippen LogP contribution is 2.29. The number of halogens is 1. The molecule has 5 nitrogen and oxygen atoms in total. The molecule has 146 valence electrons. The lowest BCUT2D eigenvalue weighted by Gasteiger charge is -2.34. The summed E-state index contributed by atoms with van der Waals surface area (Å²) in [6.45, 7) is 2.38. The molecule has 0 atom stereocenters. The number of nitrogens with zero attached hydrogens (tertiary/aromatic N) is 2. The summed E-state index contributed by atoms with van der Waals surface area (Å²) in [5.41, 5.74) is 0.855. The van der Waals surface area contributed by atoms with Crippen molar-refractivity contribution in [1.29, 1.82) is 0 Å². The highest BCUT2D eigenvalue weighted by molar-refractivity contribution is 7.89. The average molecular weight is 400 g/mol. The molecule has 4 rings (SSSR count). The molecular weight excluding hydrogens is 379 g/mol. The number of phenolic OH excluding ortho intramolecular Hbond substituents is 1. The van der Waals surface area contributed by atoms with Gasteiger partial charge < -0.3 is 5.11 Å². The summed E-state index contributed by atoms with van der Waals surface area (Å²) < 4.78 is 40.0. The van der Waals surface area contributed by atoms with Gasteiger partial charge in [0.25, 0.3) is 0 Å². The predicted molar refractivity (Wildman–Crippen MR) is 106 cm³/mol. The largest absolute Gasteiger partial charge is 0.508 e. The number of rotatable bonds is 4. The molecule has 0 aliphatic carbocycles. The molecule has 0 spiro atoms. The smallest absolute Gasteiger partial charge is 0.243 e. The molecule has 0 amide bonds. The summed E-state index contributed by atoms with van der Waals surface area (Å²) in [6.07, 6.45) is 0. The van der Waals surface area contributed by atoms with Crippen LogP contribution >= 0.6 is 0 Å². The van der Waals surface area contributed by atoms with Crippen LogP contribution < -0.4 is 0 Å². The number of hydrogen-bond donors (Lipinski definition) is 1. The fourth-order valence-corrected chi connectivity index (χ4v) is 5.02. The van der Waals surface area contributed by atoms with Gasteiger partial charge in [-0.05, 0) is 41.1 Å². The topological polar surface area (TPSA) is 60.9 Å². The Morgan fingerprint density at radius 3 is 2.29 bits per heavy atom. The second kappa shape index (κ2) is 7.50. The second-order valence-corrected chi connectivity index (χ2v) is 8.86. The first-order valence-electron chi connectivity index (χ1n) is 9.13. The zero-order valence-electron chi connectivity index (χ0n) is 15.3. The van der Waals surface area contributed by atoms with Crippen LogP contribution in [0.1, 0.15) is 5.56 Å². The molecule has 0 bridgehead atoms. The van der Waals surface area contributed by atoms with Crippen molar-refractivity contribution in [3.8, 4) is 5.75 Å². The summed E-state index contributed by atoms with van der Waals surface area (Å²) in [6, 6.07) is 16.4. The van der Waals surface area contributed by atoms with E-state index in [0.29, 0.717) is 32.7 Å². The zero-order valence-corrected chi connectivity index (χ0v) is 16.1. The monoisotopic (exact) mass is 400 g/mol. The summed E-state index contributed by atoms with van der Waals surface area (Å²) in [4.78, 5) is 2.24. The lowest BCUT2D eigenvalue weighted by molar-refractivity contribution is 0.180. The van der Waals surface area contributed by atoms with E-state index >= 15 is 0 Å². The molecule has 1 aliphatic rings. The third-order valence-electron chi connectivity index (χ3n) is 5.18. The number of aromatic hydroxyl groups is 1. The lowest BCUT2D eigenvalue weighted by atomic mass is 10.0. The molecule has 0 aromatic heterocycles. The maximum Gasteiger partial charge on any atom is 0.243 e. The van der Waals surface area contributed by atoms with Gasteiger partial charge in [-0.25, -0.2) is 12.8 Å². The van der Waals surface area contributed by atoms with Gasteiger partial charge >= 0.3 is 0 Å². The Kier molecular flexibility index (Phi) is 5.05. The van der Waals surface area contributed by atoms with Crippen molar-refractivity contribution >= 4 is 20.8 Å². The molecule has 7 heteroatoms. The second-order valence-electron chi connectivity index (χ2n) is 6.92. The molecule has 1 saturated heterocycles. The summed E-state index contributed by atoms with van der Waals surface area (Å²) >= 11 is 0. The van der Waals surface area contributed by atoms with Crippen LogP contribution in [0.15, 0.2) is 65.6 Å². The maximum absolute atomic E-state index is 13.1. The molecule has 1 fully saturated rings. The Labute approximate surface area is 163 Å². The minimum atomic E-state index is -3.63. The summed E-state index contributed by atoms with van der Waals surface area (Å²) in [5.74, 6) is -0.210. The summed E-state index contributed by atoms with van der Waals surface area (Å²) in [5, 5.41) is 12.4. The number of sulfonamides is 1. The van der Waals surface area contributed by atoms with Crippen LogP contribution in [-0.2, 0) is 16.6 Å². The Balaban J connectivity index is 1.48. The van der Waals surface area contributed by atoms with Crippen LogP contribution in [0, 0.1) is 5.82 Å². The van der Waals surface area contributed by atoms with E-state index in [1.54, 1.807) is 6.07 Å². The molecular formula is C21H21FN2O3S. The number of phenols is 1. The first-order valence-corrected chi connectivity index (χ1v) is 10.6. The van der Waals surface area contributed by atoms with Crippen molar-refractivity contribution in [2.75, 3.05) is 26.2 Å². The Morgan fingerprint density at radius 1 is 0.893 bits per heavy atom. The van der Waals surface area contributed by atoms with Gasteiger partial charge in [-0.3, -0.25) is 4.90 Å². The summed E-state index contributed by atoms with van der Waals surface area (Å²) in [7, 11) is -3.63. The van der Waals surface area contributed by atoms with E-state index < -0.39 is 15.8 Å². The van der Waals surface area contributed by atoms with E-state index in [1.165, 1.54) is 16.4 Å². The van der Waals surface area contributed by atoms with Crippen molar-refractivity contribution in [1.82, 2.24) is 9.21 Å². The van der Waals surface area contributed by atoms with Crippen LogP contribution in [0.25, 0.3) is 10.8 Å². The molecule has 1 N–H and O–H groups in total. The van der Waals surface area contributed by atoms with Crippen LogP contribution in [0.2, 0.25) is 0 Å². The van der Waals surface area contributed by atoms with E-state index in [9.17, 15) is 17.9 Å². The minimum absolute atomic E-state index is 0.106. The van der Waals surface area contributed by atoms with E-state index in [-0.39, 0.29) is 10.6 Å². The zero-order chi connectivity index (χ0) is 19.7. The maximum atomic E-state index is 13.1. The van der Waals surface area contributed by atoms with Gasteiger partial charge in [-0.2, -0.15) is 4.31 Å². The normalized spacial score (nSPS) is 16.5. The van der Waals surface area contributed by atoms with Crippen LogP contribution in [0.3, 0.4) is 0 Å². The third kappa shape index (κ3) is 3.61. The molecule has 0 radical (unpaired) electrons. The van der Waals surface area contributed by atoms with Gasteiger partial charge in [-0.1, -0.05) is 30.3 Å². The van der Waals surface area contributed by atoms with Gasteiger partial charge in [0.15, 0.2) is 0 Å². The lowest BCUT2D eigenvalue weighted by Crippen LogP contribution is -2.48. The van der Waals surface area contributed by atoms with Crippen molar-refractivity contribution in [2.45, 2.75) is 11.4 Å². The Bertz CT molecular complexity index is 1090. The molecule has 3 aromatic carbocycles. The molecule has 0 unspecified atom stereocenters. The Morgan fingerprint density at radius 2 is 1.57 bits per heavy atom. The van der Waals surface area contributed by atoms with Crippen molar-refractivity contribution in [2.24, 2.45) is 0 Å². The number of piperazine rings is 1. The molecule has 1 aliphatic heterocycles. The van der Waals surface area contributed by atoms with E-state index in [1.807, 2.05) is 30.3 Å². The average Bonchev–Trinajstić information content (AvgIpc) is 2.71. The van der Waals surface area contributed by atoms with Crippen molar-refractivity contribution in [3.05, 3.63) is 72.0 Å². The van der Waals surface area contributed by atoms with Crippen LogP contribution in [0.5, 0.6) is 5.75 Å².